The van der Waals surface area contributed by atoms with E-state index in [9.17, 15) is 4.79 Å². The maximum Gasteiger partial charge on any atom is 0.227 e. The normalized spacial score (nSPS) is 18.9. The molecular formula is C25H32N4OS. The Hall–Kier alpha value is -2.60. The second-order valence-electron chi connectivity index (χ2n) is 8.82. The highest BCUT2D eigenvalue weighted by atomic mass is 32.1. The van der Waals surface area contributed by atoms with E-state index in [1.807, 2.05) is 30.0 Å². The van der Waals surface area contributed by atoms with E-state index < -0.39 is 0 Å². The zero-order valence-corrected chi connectivity index (χ0v) is 19.3. The lowest BCUT2D eigenvalue weighted by Gasteiger charge is -2.32. The van der Waals surface area contributed by atoms with Gasteiger partial charge in [-0.3, -0.25) is 4.79 Å². The number of carbonyl (C=O) groups is 1. The molecule has 164 valence electrons. The van der Waals surface area contributed by atoms with E-state index in [2.05, 4.69) is 46.7 Å². The molecule has 2 saturated heterocycles. The molecule has 0 bridgehead atoms. The molecule has 2 aliphatic heterocycles. The minimum atomic E-state index is 0.210. The Kier molecular flexibility index (Phi) is 6.76. The smallest absolute Gasteiger partial charge is 0.227 e. The van der Waals surface area contributed by atoms with Crippen molar-refractivity contribution in [1.82, 2.24) is 5.32 Å². The molecule has 1 amide bonds. The molecule has 31 heavy (non-hydrogen) atoms. The van der Waals surface area contributed by atoms with Crippen LogP contribution >= 0.6 is 12.2 Å². The molecule has 0 aliphatic carbocycles. The highest BCUT2D eigenvalue weighted by molar-refractivity contribution is 7.80. The van der Waals surface area contributed by atoms with Gasteiger partial charge < -0.3 is 20.4 Å². The molecule has 2 aliphatic rings. The zero-order chi connectivity index (χ0) is 21.8. The summed E-state index contributed by atoms with van der Waals surface area (Å²) in [5, 5.41) is 7.15. The second-order valence-corrected chi connectivity index (χ2v) is 9.23. The van der Waals surface area contributed by atoms with Gasteiger partial charge in [0.1, 0.15) is 0 Å². The van der Waals surface area contributed by atoms with Crippen LogP contribution in [0.15, 0.2) is 42.5 Å². The molecule has 0 saturated carbocycles. The molecule has 6 heteroatoms. The van der Waals surface area contributed by atoms with Gasteiger partial charge in [0.15, 0.2) is 5.11 Å². The van der Waals surface area contributed by atoms with Crippen LogP contribution < -0.4 is 20.4 Å². The fourth-order valence-electron chi connectivity index (χ4n) is 4.55. The number of hydrogen-bond donors (Lipinski definition) is 2. The van der Waals surface area contributed by atoms with E-state index in [0.29, 0.717) is 18.1 Å². The molecule has 0 aromatic heterocycles. The molecule has 0 radical (unpaired) electrons. The number of carbonyl (C=O) groups excluding carboxylic acids is 1. The Morgan fingerprint density at radius 1 is 1.13 bits per heavy atom. The molecule has 1 atom stereocenters. The topological polar surface area (TPSA) is 47.6 Å². The number of anilines is 3. The molecule has 0 spiro atoms. The minimum Gasteiger partial charge on any atom is -0.371 e. The van der Waals surface area contributed by atoms with Gasteiger partial charge >= 0.3 is 0 Å². The van der Waals surface area contributed by atoms with Crippen molar-refractivity contribution in [2.45, 2.75) is 46.1 Å². The van der Waals surface area contributed by atoms with Gasteiger partial charge in [-0.05, 0) is 85.8 Å². The number of rotatable bonds is 5. The number of amides is 1. The van der Waals surface area contributed by atoms with Gasteiger partial charge in [-0.15, -0.1) is 0 Å². The van der Waals surface area contributed by atoms with Gasteiger partial charge in [-0.1, -0.05) is 19.1 Å². The number of thiocarbonyl (C=S) groups is 1. The number of aryl methyl sites for hydroxylation is 1. The lowest BCUT2D eigenvalue weighted by Crippen LogP contribution is -2.34. The zero-order valence-electron chi connectivity index (χ0n) is 18.5. The van der Waals surface area contributed by atoms with Gasteiger partial charge in [0, 0.05) is 49.7 Å². The number of nitrogens with one attached hydrogen (secondary N) is 2. The van der Waals surface area contributed by atoms with Gasteiger partial charge in [0.25, 0.3) is 0 Å². The predicted molar refractivity (Wildman–Crippen MR) is 133 cm³/mol. The Balaban J connectivity index is 1.29. The van der Waals surface area contributed by atoms with Crippen molar-refractivity contribution in [3.8, 4) is 0 Å². The Bertz CT molecular complexity index is 943. The summed E-state index contributed by atoms with van der Waals surface area (Å²) < 4.78 is 0. The largest absolute Gasteiger partial charge is 0.371 e. The lowest BCUT2D eigenvalue weighted by atomic mass is 9.99. The van der Waals surface area contributed by atoms with Crippen LogP contribution in [0.4, 0.5) is 17.1 Å². The van der Waals surface area contributed by atoms with Crippen molar-refractivity contribution < 1.29 is 4.79 Å². The first kappa shape index (κ1) is 21.6. The quantitative estimate of drug-likeness (QED) is 0.657. The van der Waals surface area contributed by atoms with Crippen molar-refractivity contribution in [2.24, 2.45) is 5.92 Å². The summed E-state index contributed by atoms with van der Waals surface area (Å²) in [4.78, 5) is 16.4. The van der Waals surface area contributed by atoms with E-state index in [-0.39, 0.29) is 5.91 Å². The molecule has 0 unspecified atom stereocenters. The van der Waals surface area contributed by atoms with Crippen molar-refractivity contribution in [2.75, 3.05) is 34.8 Å². The van der Waals surface area contributed by atoms with Crippen LogP contribution in [0.1, 0.15) is 43.7 Å². The third-order valence-corrected chi connectivity index (χ3v) is 6.48. The molecule has 2 N–H and O–H groups in total. The van der Waals surface area contributed by atoms with Crippen LogP contribution in [0.5, 0.6) is 0 Å². The summed E-state index contributed by atoms with van der Waals surface area (Å²) in [6.07, 6.45) is 4.19. The summed E-state index contributed by atoms with van der Waals surface area (Å²) in [7, 11) is 0. The fourth-order valence-corrected chi connectivity index (χ4v) is 4.74. The lowest BCUT2D eigenvalue weighted by molar-refractivity contribution is -0.117. The molecule has 2 aromatic rings. The Labute approximate surface area is 190 Å². The molecule has 5 nitrogen and oxygen atoms in total. The third kappa shape index (κ3) is 5.37. The van der Waals surface area contributed by atoms with Crippen LogP contribution in [-0.4, -0.2) is 30.7 Å². The van der Waals surface area contributed by atoms with Gasteiger partial charge in [0.05, 0.1) is 0 Å². The molecule has 4 rings (SSSR count). The average Bonchev–Trinajstić information content (AvgIpc) is 3.18. The molecule has 2 fully saturated rings. The summed E-state index contributed by atoms with van der Waals surface area (Å²) in [6, 6.07) is 14.8. The standard InChI is InChI=1S/C25H32N4OS/c1-18-5-3-13-28(17-18)22-10-7-20(8-11-22)16-26-25(31)27-21-9-12-23(19(2)15-21)29-14-4-6-24(29)30/h7-12,15,18H,3-6,13-14,16-17H2,1-2H3,(H2,26,27,31)/t18-/m0/s1. The average molecular weight is 437 g/mol. The Morgan fingerprint density at radius 2 is 1.94 bits per heavy atom. The van der Waals surface area contributed by atoms with Crippen molar-refractivity contribution in [3.63, 3.8) is 0 Å². The highest BCUT2D eigenvalue weighted by Gasteiger charge is 2.23. The first-order valence-corrected chi connectivity index (χ1v) is 11.7. The summed E-state index contributed by atoms with van der Waals surface area (Å²) >= 11 is 5.48. The van der Waals surface area contributed by atoms with Crippen LogP contribution in [0, 0.1) is 12.8 Å². The number of nitrogens with zero attached hydrogens (tertiary/aromatic N) is 2. The summed E-state index contributed by atoms with van der Waals surface area (Å²) in [5.41, 5.74) is 5.51. The predicted octanol–water partition coefficient (Wildman–Crippen LogP) is 4.84. The van der Waals surface area contributed by atoms with E-state index >= 15 is 0 Å². The SMILES string of the molecule is Cc1cc(NC(=S)NCc2ccc(N3CCC[C@H](C)C3)cc2)ccc1N1CCCC1=O. The van der Waals surface area contributed by atoms with Crippen LogP contribution in [0.25, 0.3) is 0 Å². The van der Waals surface area contributed by atoms with Crippen LogP contribution in [0.2, 0.25) is 0 Å². The maximum absolute atomic E-state index is 12.0. The third-order valence-electron chi connectivity index (χ3n) is 6.23. The van der Waals surface area contributed by atoms with Crippen molar-refractivity contribution in [3.05, 3.63) is 53.6 Å². The molecule has 2 heterocycles. The Morgan fingerprint density at radius 3 is 2.61 bits per heavy atom. The van der Waals surface area contributed by atoms with E-state index in [0.717, 1.165) is 48.9 Å². The monoisotopic (exact) mass is 436 g/mol. The van der Waals surface area contributed by atoms with E-state index in [1.54, 1.807) is 0 Å². The van der Waals surface area contributed by atoms with E-state index in [1.165, 1.54) is 24.1 Å². The number of piperidine rings is 1. The number of hydrogen-bond acceptors (Lipinski definition) is 3. The van der Waals surface area contributed by atoms with Crippen molar-refractivity contribution in [1.29, 1.82) is 0 Å². The van der Waals surface area contributed by atoms with Gasteiger partial charge in [0.2, 0.25) is 5.91 Å². The van der Waals surface area contributed by atoms with Gasteiger partial charge in [-0.2, -0.15) is 0 Å². The second kappa shape index (κ2) is 9.69. The van der Waals surface area contributed by atoms with E-state index in [4.69, 9.17) is 12.2 Å². The summed E-state index contributed by atoms with van der Waals surface area (Å²) in [6.45, 7) is 8.16. The highest BCUT2D eigenvalue weighted by Crippen LogP contribution is 2.27. The minimum absolute atomic E-state index is 0.210. The molecule has 2 aromatic carbocycles. The number of benzene rings is 2. The first-order chi connectivity index (χ1) is 15.0. The van der Waals surface area contributed by atoms with Gasteiger partial charge in [-0.25, -0.2) is 0 Å². The van der Waals surface area contributed by atoms with Crippen molar-refractivity contribution >= 4 is 40.3 Å². The molecular weight excluding hydrogens is 404 g/mol. The fraction of sp³-hybridized carbons (Fsp3) is 0.440. The summed E-state index contributed by atoms with van der Waals surface area (Å²) in [5.74, 6) is 0.980. The van der Waals surface area contributed by atoms with Crippen LogP contribution in [0.3, 0.4) is 0 Å². The first-order valence-electron chi connectivity index (χ1n) is 11.3. The van der Waals surface area contributed by atoms with Crippen LogP contribution in [-0.2, 0) is 11.3 Å². The maximum atomic E-state index is 12.0.